The largest absolute Gasteiger partial charge is 0.401 e. The maximum Gasteiger partial charge on any atom is 0.401 e. The van der Waals surface area contributed by atoms with Crippen LogP contribution in [0.2, 0.25) is 0 Å². The van der Waals surface area contributed by atoms with Crippen LogP contribution in [0.5, 0.6) is 0 Å². The molecule has 1 fully saturated rings. The van der Waals surface area contributed by atoms with Gasteiger partial charge in [0.25, 0.3) is 0 Å². The van der Waals surface area contributed by atoms with Gasteiger partial charge in [-0.2, -0.15) is 13.2 Å². The van der Waals surface area contributed by atoms with Crippen molar-refractivity contribution in [1.82, 2.24) is 20.4 Å². The molecule has 0 radical (unpaired) electrons. The number of hydrogen-bond donors (Lipinski definition) is 2. The number of carbonyl (C=O) groups excluding carboxylic acids is 1. The Morgan fingerprint density at radius 3 is 2.50 bits per heavy atom. The Hall–Kier alpha value is -0.780. The van der Waals surface area contributed by atoms with E-state index in [4.69, 9.17) is 0 Å². The SMILES string of the molecule is CCNC(=NCCNC(=O)C(C)C)N1CCC(CN(CC)CC(F)(F)F)C1.I. The van der Waals surface area contributed by atoms with Crippen molar-refractivity contribution in [1.29, 1.82) is 0 Å². The molecular formula is C18H35F3IN5O. The minimum atomic E-state index is -4.16. The van der Waals surface area contributed by atoms with E-state index in [1.54, 1.807) is 6.92 Å². The van der Waals surface area contributed by atoms with Crippen LogP contribution in [0, 0.1) is 11.8 Å². The summed E-state index contributed by atoms with van der Waals surface area (Å²) in [5.41, 5.74) is 0. The zero-order chi connectivity index (χ0) is 20.4. The molecule has 1 atom stereocenters. The first-order valence-electron chi connectivity index (χ1n) is 9.76. The van der Waals surface area contributed by atoms with Crippen molar-refractivity contribution >= 4 is 35.8 Å². The van der Waals surface area contributed by atoms with Crippen LogP contribution in [0.25, 0.3) is 0 Å². The zero-order valence-electron chi connectivity index (χ0n) is 17.3. The van der Waals surface area contributed by atoms with E-state index < -0.39 is 12.7 Å². The van der Waals surface area contributed by atoms with E-state index >= 15 is 0 Å². The maximum atomic E-state index is 12.6. The lowest BCUT2D eigenvalue weighted by Crippen LogP contribution is -2.42. The molecule has 1 amide bonds. The van der Waals surface area contributed by atoms with Gasteiger partial charge >= 0.3 is 6.18 Å². The normalized spacial score (nSPS) is 17.8. The van der Waals surface area contributed by atoms with E-state index in [0.29, 0.717) is 39.3 Å². The number of aliphatic imine (C=N–C) groups is 1. The Labute approximate surface area is 183 Å². The third-order valence-corrected chi connectivity index (χ3v) is 4.48. The summed E-state index contributed by atoms with van der Waals surface area (Å²) < 4.78 is 37.9. The van der Waals surface area contributed by atoms with E-state index in [9.17, 15) is 18.0 Å². The molecule has 0 aliphatic carbocycles. The summed E-state index contributed by atoms with van der Waals surface area (Å²) in [4.78, 5) is 19.7. The number of rotatable bonds is 9. The van der Waals surface area contributed by atoms with Crippen LogP contribution in [-0.4, -0.2) is 80.2 Å². The molecule has 6 nitrogen and oxygen atoms in total. The molecule has 28 heavy (non-hydrogen) atoms. The summed E-state index contributed by atoms with van der Waals surface area (Å²) in [6.45, 7) is 10.5. The van der Waals surface area contributed by atoms with Gasteiger partial charge in [0.05, 0.1) is 13.1 Å². The molecule has 10 heteroatoms. The maximum absolute atomic E-state index is 12.6. The monoisotopic (exact) mass is 521 g/mol. The van der Waals surface area contributed by atoms with Gasteiger partial charge in [-0.15, -0.1) is 24.0 Å². The molecule has 1 aliphatic rings. The summed E-state index contributed by atoms with van der Waals surface area (Å²) in [6.07, 6.45) is -3.31. The smallest absolute Gasteiger partial charge is 0.357 e. The molecule has 0 aromatic carbocycles. The highest BCUT2D eigenvalue weighted by atomic mass is 127. The predicted molar refractivity (Wildman–Crippen MR) is 117 cm³/mol. The second-order valence-corrected chi connectivity index (χ2v) is 7.23. The molecule has 1 saturated heterocycles. The van der Waals surface area contributed by atoms with Crippen molar-refractivity contribution in [2.75, 3.05) is 52.4 Å². The molecule has 1 heterocycles. The molecule has 0 saturated carbocycles. The van der Waals surface area contributed by atoms with E-state index in [2.05, 4.69) is 20.5 Å². The number of nitrogens with one attached hydrogen (secondary N) is 2. The fourth-order valence-electron chi connectivity index (χ4n) is 3.07. The Morgan fingerprint density at radius 2 is 1.96 bits per heavy atom. The first-order chi connectivity index (χ1) is 12.7. The summed E-state index contributed by atoms with van der Waals surface area (Å²) >= 11 is 0. The van der Waals surface area contributed by atoms with Crippen LogP contribution in [0.3, 0.4) is 0 Å². The second kappa shape index (κ2) is 13.4. The van der Waals surface area contributed by atoms with Gasteiger partial charge in [-0.1, -0.05) is 20.8 Å². The molecular weight excluding hydrogens is 486 g/mol. The fraction of sp³-hybridized carbons (Fsp3) is 0.889. The van der Waals surface area contributed by atoms with Gasteiger partial charge in [0.2, 0.25) is 5.91 Å². The van der Waals surface area contributed by atoms with Gasteiger partial charge in [-0.3, -0.25) is 14.7 Å². The fourth-order valence-corrected chi connectivity index (χ4v) is 3.07. The number of likely N-dealkylation sites (tertiary alicyclic amines) is 1. The van der Waals surface area contributed by atoms with Crippen molar-refractivity contribution in [3.8, 4) is 0 Å². The summed E-state index contributed by atoms with van der Waals surface area (Å²) in [5, 5.41) is 6.06. The van der Waals surface area contributed by atoms with Gasteiger partial charge in [-0.25, -0.2) is 0 Å². The van der Waals surface area contributed by atoms with E-state index in [0.717, 1.165) is 18.9 Å². The zero-order valence-corrected chi connectivity index (χ0v) is 19.6. The first kappa shape index (κ1) is 27.2. The third kappa shape index (κ3) is 10.7. The quantitative estimate of drug-likeness (QED) is 0.212. The molecule has 1 unspecified atom stereocenters. The highest BCUT2D eigenvalue weighted by Gasteiger charge is 2.32. The lowest BCUT2D eigenvalue weighted by molar-refractivity contribution is -0.146. The first-order valence-corrected chi connectivity index (χ1v) is 9.76. The van der Waals surface area contributed by atoms with Crippen LogP contribution in [0.15, 0.2) is 4.99 Å². The molecule has 1 rings (SSSR count). The minimum Gasteiger partial charge on any atom is -0.357 e. The number of halogens is 4. The molecule has 1 aliphatic heterocycles. The lowest BCUT2D eigenvalue weighted by atomic mass is 10.1. The van der Waals surface area contributed by atoms with E-state index in [1.807, 2.05) is 20.8 Å². The number of nitrogens with zero attached hydrogens (tertiary/aromatic N) is 3. The summed E-state index contributed by atoms with van der Waals surface area (Å²) in [6, 6.07) is 0. The molecule has 166 valence electrons. The summed E-state index contributed by atoms with van der Waals surface area (Å²) in [5.74, 6) is 0.898. The Morgan fingerprint density at radius 1 is 1.29 bits per heavy atom. The van der Waals surface area contributed by atoms with Crippen LogP contribution >= 0.6 is 24.0 Å². The number of amides is 1. The molecule has 0 bridgehead atoms. The van der Waals surface area contributed by atoms with Crippen molar-refractivity contribution < 1.29 is 18.0 Å². The van der Waals surface area contributed by atoms with Gasteiger partial charge in [-0.05, 0) is 25.8 Å². The number of hydrogen-bond acceptors (Lipinski definition) is 3. The Bertz CT molecular complexity index is 488. The van der Waals surface area contributed by atoms with Gasteiger partial charge in [0.1, 0.15) is 0 Å². The topological polar surface area (TPSA) is 60.0 Å². The van der Waals surface area contributed by atoms with Crippen molar-refractivity contribution in [3.63, 3.8) is 0 Å². The van der Waals surface area contributed by atoms with E-state index in [1.165, 1.54) is 4.90 Å². The Balaban J connectivity index is 0.00000729. The van der Waals surface area contributed by atoms with Crippen molar-refractivity contribution in [3.05, 3.63) is 0 Å². The third-order valence-electron chi connectivity index (χ3n) is 4.48. The second-order valence-electron chi connectivity index (χ2n) is 7.23. The summed E-state index contributed by atoms with van der Waals surface area (Å²) in [7, 11) is 0. The van der Waals surface area contributed by atoms with Crippen molar-refractivity contribution in [2.45, 2.75) is 40.3 Å². The van der Waals surface area contributed by atoms with Gasteiger partial charge < -0.3 is 15.5 Å². The highest BCUT2D eigenvalue weighted by molar-refractivity contribution is 14.0. The average Bonchev–Trinajstić information content (AvgIpc) is 3.03. The molecule has 2 N–H and O–H groups in total. The number of alkyl halides is 3. The highest BCUT2D eigenvalue weighted by Crippen LogP contribution is 2.21. The van der Waals surface area contributed by atoms with Crippen molar-refractivity contribution in [2.24, 2.45) is 16.8 Å². The van der Waals surface area contributed by atoms with Crippen LogP contribution in [0.1, 0.15) is 34.1 Å². The number of carbonyl (C=O) groups is 1. The molecule has 0 aromatic rings. The van der Waals surface area contributed by atoms with E-state index in [-0.39, 0.29) is 41.7 Å². The van der Waals surface area contributed by atoms with Crippen LogP contribution in [0.4, 0.5) is 13.2 Å². The molecule has 0 aromatic heterocycles. The van der Waals surface area contributed by atoms with Crippen LogP contribution in [-0.2, 0) is 4.79 Å². The van der Waals surface area contributed by atoms with Gasteiger partial charge in [0.15, 0.2) is 5.96 Å². The predicted octanol–water partition coefficient (Wildman–Crippen LogP) is 2.55. The standard InChI is InChI=1S/C18H34F3N5O.HI/c1-5-22-17(24-9-8-23-16(27)14(3)4)26-10-7-15(12-26)11-25(6-2)13-18(19,20)21;/h14-15H,5-13H2,1-4H3,(H,22,24)(H,23,27);1H. The average molecular weight is 521 g/mol. The Kier molecular flexibility index (Phi) is 13.1. The molecule has 0 spiro atoms. The lowest BCUT2D eigenvalue weighted by Gasteiger charge is -2.26. The number of guanidine groups is 1. The van der Waals surface area contributed by atoms with Gasteiger partial charge in [0, 0.05) is 38.6 Å². The van der Waals surface area contributed by atoms with Crippen LogP contribution < -0.4 is 10.6 Å². The minimum absolute atomic E-state index is 0.